The van der Waals surface area contributed by atoms with Crippen molar-refractivity contribution in [1.82, 2.24) is 18.5 Å². The number of para-hydroxylation sites is 5. The molecule has 398 valence electrons. The van der Waals surface area contributed by atoms with E-state index < -0.39 is 60.4 Å². The molecule has 0 aliphatic heterocycles. The third kappa shape index (κ3) is 8.11. The number of imidazole rings is 1. The zero-order chi connectivity index (χ0) is 63.3. The van der Waals surface area contributed by atoms with Crippen LogP contribution in [-0.2, 0) is 26.5 Å². The van der Waals surface area contributed by atoms with Gasteiger partial charge in [-0.1, -0.05) is 214 Å². The van der Waals surface area contributed by atoms with Crippen molar-refractivity contribution in [2.75, 3.05) is 0 Å². The van der Waals surface area contributed by atoms with Crippen molar-refractivity contribution in [1.29, 1.82) is 0 Å². The molecule has 0 spiro atoms. The molecule has 0 fully saturated rings. The summed E-state index contributed by atoms with van der Waals surface area (Å²) in [6, 6.07) is 65.0. The van der Waals surface area contributed by atoms with Gasteiger partial charge in [0.05, 0.1) is 47.0 Å². The number of benzene rings is 11. The third-order valence-corrected chi connectivity index (χ3v) is 15.8. The fourth-order valence-electron chi connectivity index (χ4n) is 12.2. The monoisotopic (exact) mass is 1250 g/mol. The standard InChI is InChI=1S/C76H51N5O.Pt/c1-76(2,3)51-41-42-77-73(43-51)80-70-45-54(82-53-26-18-25-52(44-53)78-48-79(69-38-17-16-37-68(69)78)74-55(49-21-6-4-7-22-49)32-19-33-56(74)50-23-8-5-9-24-50)39-40-62(70)66-47-72-65(46-71(66)80)60-30-13-11-28-58(60)57-27-10-12-29-59(57)63-34-20-35-64-61-31-14-15-36-67(61)81(72)75(63)64;/h4-43,46-47H,1-3H3;/q-2;/i4D,5D,6D,7D,8D,9D,21D,22D,23D,24D;. The first-order chi connectivity index (χ1) is 44.5. The first-order valence-corrected chi connectivity index (χ1v) is 27.1. The van der Waals surface area contributed by atoms with Gasteiger partial charge >= 0.3 is 0 Å². The molecule has 7 heteroatoms. The minimum atomic E-state index is -0.579. The van der Waals surface area contributed by atoms with Crippen LogP contribution in [0.15, 0.2) is 255 Å². The van der Waals surface area contributed by atoms with E-state index in [1.54, 1.807) is 33.4 Å². The van der Waals surface area contributed by atoms with Crippen LogP contribution in [0.3, 0.4) is 0 Å². The molecule has 0 amide bonds. The van der Waals surface area contributed by atoms with E-state index in [0.717, 1.165) is 87.0 Å². The summed E-state index contributed by atoms with van der Waals surface area (Å²) < 4.78 is 103. The average Bonchev–Trinajstić information content (AvgIpc) is 1.59. The van der Waals surface area contributed by atoms with Crippen LogP contribution in [0.1, 0.15) is 40.0 Å². The van der Waals surface area contributed by atoms with Crippen molar-refractivity contribution in [3.63, 3.8) is 0 Å². The number of pyridine rings is 1. The van der Waals surface area contributed by atoms with Crippen LogP contribution in [-0.4, -0.2) is 18.5 Å². The minimum Gasteiger partial charge on any atom is -0.510 e. The molecule has 16 aromatic rings. The van der Waals surface area contributed by atoms with Crippen molar-refractivity contribution in [2.24, 2.45) is 0 Å². The second-order valence-electron chi connectivity index (χ2n) is 21.6. The molecule has 0 aliphatic carbocycles. The maximum atomic E-state index is 9.14. The summed E-state index contributed by atoms with van der Waals surface area (Å²) in [6.07, 6.45) is 5.33. The van der Waals surface area contributed by atoms with Gasteiger partial charge in [-0.25, -0.2) is 4.98 Å². The molecular formula is C76H51N5OPt-2. The van der Waals surface area contributed by atoms with Gasteiger partial charge in [-0.05, 0) is 96.2 Å². The SMILES string of the molecule is [2H]c1c([2H])c([2H])c(-c2cccc(-c3c([2H])c([2H])c([2H])c([2H])c3[2H])c2-[n+]2[c-]n(-c3[c-]c(Oc4[c-]c5c(cc4)c4cc6c(cc4n5-c4cc(C(C)(C)C)ccn4)c4ccccc4c4ccccc4c4cccc5c7ccccc7n6c45)ccc3)c3ccccc32)c([2H])c1[2H].[Pt]. The van der Waals surface area contributed by atoms with Gasteiger partial charge in [-0.15, -0.1) is 29.7 Å². The smallest absolute Gasteiger partial charge is 0.268 e. The molecule has 5 heterocycles. The van der Waals surface area contributed by atoms with Gasteiger partial charge in [0.1, 0.15) is 5.82 Å². The number of hydrogen-bond acceptors (Lipinski definition) is 2. The summed E-state index contributed by atoms with van der Waals surface area (Å²) in [6.45, 7) is 6.59. The topological polar surface area (TPSA) is 40.3 Å². The van der Waals surface area contributed by atoms with E-state index in [-0.39, 0.29) is 54.4 Å². The van der Waals surface area contributed by atoms with Crippen molar-refractivity contribution in [3.05, 3.63) is 279 Å². The van der Waals surface area contributed by atoms with E-state index in [1.807, 2.05) is 48.7 Å². The number of ether oxygens (including phenoxy) is 1. The molecule has 0 aliphatic rings. The molecule has 0 unspecified atom stereocenters. The van der Waals surface area contributed by atoms with Gasteiger partial charge in [0.15, 0.2) is 0 Å². The van der Waals surface area contributed by atoms with Crippen LogP contribution in [0.25, 0.3) is 132 Å². The number of hydrogen-bond donors (Lipinski definition) is 0. The summed E-state index contributed by atoms with van der Waals surface area (Å²) in [5.41, 5.74) is 7.53. The molecule has 0 radical (unpaired) electrons. The molecule has 5 aromatic heterocycles. The number of fused-ring (bicyclic) bond motifs is 14. The van der Waals surface area contributed by atoms with Gasteiger partial charge in [0.25, 0.3) is 6.33 Å². The molecule has 11 aromatic carbocycles. The number of aromatic nitrogens is 5. The quantitative estimate of drug-likeness (QED) is 0.118. The minimum absolute atomic E-state index is 0. The Kier molecular flexibility index (Phi) is 9.57. The maximum Gasteiger partial charge on any atom is 0.268 e. The van der Waals surface area contributed by atoms with Crippen LogP contribution in [0.4, 0.5) is 0 Å². The Morgan fingerprint density at radius 2 is 1.04 bits per heavy atom. The van der Waals surface area contributed by atoms with Crippen molar-refractivity contribution in [2.45, 2.75) is 26.2 Å². The average molecular weight is 1260 g/mol. The summed E-state index contributed by atoms with van der Waals surface area (Å²) in [7, 11) is 0. The molecule has 0 bridgehead atoms. The molecule has 0 saturated heterocycles. The molecule has 6 nitrogen and oxygen atoms in total. The Morgan fingerprint density at radius 3 is 1.73 bits per heavy atom. The first kappa shape index (κ1) is 40.3. The molecule has 16 rings (SSSR count). The van der Waals surface area contributed by atoms with Gasteiger partial charge in [0, 0.05) is 65.8 Å². The van der Waals surface area contributed by atoms with E-state index >= 15 is 0 Å². The predicted octanol–water partition coefficient (Wildman–Crippen LogP) is 18.8. The Hall–Kier alpha value is -9.87. The van der Waals surface area contributed by atoms with Crippen molar-refractivity contribution >= 4 is 92.5 Å². The Labute approximate surface area is 508 Å². The fraction of sp³-hybridized carbons (Fsp3) is 0.0526. The van der Waals surface area contributed by atoms with E-state index in [2.05, 4.69) is 170 Å². The van der Waals surface area contributed by atoms with E-state index in [1.165, 1.54) is 0 Å². The van der Waals surface area contributed by atoms with Gasteiger partial charge in [-0.2, -0.15) is 18.2 Å². The summed E-state index contributed by atoms with van der Waals surface area (Å²) in [5.74, 6) is 1.45. The van der Waals surface area contributed by atoms with E-state index in [0.29, 0.717) is 34.0 Å². The predicted molar refractivity (Wildman–Crippen MR) is 337 cm³/mol. The van der Waals surface area contributed by atoms with Crippen LogP contribution < -0.4 is 9.30 Å². The van der Waals surface area contributed by atoms with Gasteiger partial charge < -0.3 is 18.3 Å². The number of nitrogens with zero attached hydrogens (tertiary/aromatic N) is 5. The van der Waals surface area contributed by atoms with Gasteiger partial charge in [-0.3, -0.25) is 4.57 Å². The zero-order valence-corrected chi connectivity index (χ0v) is 47.2. The maximum absolute atomic E-state index is 9.14. The summed E-state index contributed by atoms with van der Waals surface area (Å²) in [5, 5.41) is 10.9. The van der Waals surface area contributed by atoms with Crippen LogP contribution in [0.2, 0.25) is 0 Å². The zero-order valence-electron chi connectivity index (χ0n) is 54.9. The number of rotatable bonds is 7. The summed E-state index contributed by atoms with van der Waals surface area (Å²) >= 11 is 0. The molecule has 0 N–H and O–H groups in total. The normalized spacial score (nSPS) is 13.6. The van der Waals surface area contributed by atoms with Crippen molar-refractivity contribution < 1.29 is 44.1 Å². The largest absolute Gasteiger partial charge is 0.510 e. The third-order valence-electron chi connectivity index (χ3n) is 15.8. The van der Waals surface area contributed by atoms with E-state index in [9.17, 15) is 0 Å². The van der Waals surface area contributed by atoms with Crippen LogP contribution >= 0.6 is 0 Å². The molecule has 0 saturated carbocycles. The Bertz CT molecular complexity index is 5800. The van der Waals surface area contributed by atoms with Crippen molar-refractivity contribution in [3.8, 4) is 50.9 Å². The Morgan fingerprint density at radius 1 is 0.482 bits per heavy atom. The van der Waals surface area contributed by atoms with E-state index in [4.69, 9.17) is 23.4 Å². The first-order valence-electron chi connectivity index (χ1n) is 32.1. The molecule has 0 atom stereocenters. The van der Waals surface area contributed by atoms with Crippen LogP contribution in [0, 0.1) is 18.5 Å². The van der Waals surface area contributed by atoms with Gasteiger partial charge in [0.2, 0.25) is 0 Å². The van der Waals surface area contributed by atoms with Crippen LogP contribution in [0.5, 0.6) is 11.5 Å². The fourth-order valence-corrected chi connectivity index (χ4v) is 12.2. The molecular weight excluding hydrogens is 1190 g/mol. The Balaban J connectivity index is 0.00000716. The summed E-state index contributed by atoms with van der Waals surface area (Å²) in [4.78, 5) is 5.11. The second kappa shape index (κ2) is 19.7. The second-order valence-corrected chi connectivity index (χ2v) is 21.6. The molecule has 83 heavy (non-hydrogen) atoms.